The van der Waals surface area contributed by atoms with Crippen molar-refractivity contribution in [1.29, 1.82) is 0 Å². The quantitative estimate of drug-likeness (QED) is 0.881. The van der Waals surface area contributed by atoms with Crippen molar-refractivity contribution in [3.05, 3.63) is 34.3 Å². The molecule has 6 heteroatoms. The number of ether oxygens (including phenoxy) is 2. The first kappa shape index (κ1) is 19.0. The molecule has 1 aliphatic heterocycles. The molecule has 1 heterocycles. The van der Waals surface area contributed by atoms with E-state index >= 15 is 0 Å². The van der Waals surface area contributed by atoms with Crippen LogP contribution < -0.4 is 0 Å². The molecule has 2 rings (SSSR count). The monoisotopic (exact) mass is 355 g/mol. The largest absolute Gasteiger partial charge is 0.444 e. The Morgan fingerprint density at radius 3 is 2.75 bits per heavy atom. The second-order valence-electron chi connectivity index (χ2n) is 7.17. The van der Waals surface area contributed by atoms with E-state index in [2.05, 4.69) is 0 Å². The van der Waals surface area contributed by atoms with E-state index in [4.69, 9.17) is 21.1 Å². The second-order valence-corrected chi connectivity index (χ2v) is 7.58. The number of amides is 1. The summed E-state index contributed by atoms with van der Waals surface area (Å²) in [5.41, 5.74) is 1.35. The van der Waals surface area contributed by atoms with Crippen molar-refractivity contribution in [1.82, 2.24) is 4.90 Å². The number of rotatable bonds is 2. The topological polar surface area (TPSA) is 59.0 Å². The van der Waals surface area contributed by atoms with Crippen LogP contribution in [0, 0.1) is 12.8 Å². The first-order chi connectivity index (χ1) is 11.2. The summed E-state index contributed by atoms with van der Waals surface area (Å²) in [5, 5.41) is 10.5. The Kier molecular flexibility index (Phi) is 6.12. The normalized spacial score (nSPS) is 22.2. The Morgan fingerprint density at radius 2 is 2.17 bits per heavy atom. The molecule has 0 aromatic heterocycles. The second kappa shape index (κ2) is 7.72. The summed E-state index contributed by atoms with van der Waals surface area (Å²) in [5.74, 6) is -0.237. The lowest BCUT2D eigenvalue weighted by Gasteiger charge is -2.29. The minimum absolute atomic E-state index is 0.0878. The summed E-state index contributed by atoms with van der Waals surface area (Å²) in [7, 11) is 0. The van der Waals surface area contributed by atoms with Gasteiger partial charge >= 0.3 is 6.09 Å². The molecular formula is C18H26ClNO4. The number of hydrogen-bond donors (Lipinski definition) is 1. The van der Waals surface area contributed by atoms with E-state index in [-0.39, 0.29) is 24.7 Å². The SMILES string of the molecule is Cc1ccc([C@H]2OCCN(C(=O)OC(C)(C)C)C[C@@H]2CO)cc1Cl. The lowest BCUT2D eigenvalue weighted by atomic mass is 9.95. The van der Waals surface area contributed by atoms with E-state index in [1.165, 1.54) is 0 Å². The Morgan fingerprint density at radius 1 is 1.46 bits per heavy atom. The summed E-state index contributed by atoms with van der Waals surface area (Å²) in [6.07, 6.45) is -0.687. The number of carbonyl (C=O) groups excluding carboxylic acids is 1. The number of nitrogens with zero attached hydrogens (tertiary/aromatic N) is 1. The van der Waals surface area contributed by atoms with Gasteiger partial charge in [-0.15, -0.1) is 0 Å². The number of aliphatic hydroxyl groups excluding tert-OH is 1. The highest BCUT2D eigenvalue weighted by atomic mass is 35.5. The molecule has 2 atom stereocenters. The van der Waals surface area contributed by atoms with Gasteiger partial charge in [0.1, 0.15) is 5.60 Å². The van der Waals surface area contributed by atoms with E-state index < -0.39 is 5.60 Å². The lowest BCUT2D eigenvalue weighted by Crippen LogP contribution is -2.40. The van der Waals surface area contributed by atoms with Crippen LogP contribution >= 0.6 is 11.6 Å². The molecule has 1 amide bonds. The number of aryl methyl sites for hydroxylation is 1. The van der Waals surface area contributed by atoms with Crippen LogP contribution in [0.4, 0.5) is 4.79 Å². The average molecular weight is 356 g/mol. The Balaban J connectivity index is 2.16. The molecule has 1 aromatic rings. The number of hydrogen-bond acceptors (Lipinski definition) is 4. The van der Waals surface area contributed by atoms with E-state index in [9.17, 15) is 9.90 Å². The molecule has 0 unspecified atom stereocenters. The number of halogens is 1. The predicted octanol–water partition coefficient (Wildman–Crippen LogP) is 3.57. The standard InChI is InChI=1S/C18H26ClNO4/c1-12-5-6-13(9-15(12)19)16-14(11-21)10-20(7-8-23-16)17(22)24-18(2,3)4/h5-6,9,14,16,21H,7-8,10-11H2,1-4H3/t14-,16-/m1/s1. The molecule has 1 N–H and O–H groups in total. The van der Waals surface area contributed by atoms with Gasteiger partial charge in [-0.25, -0.2) is 4.79 Å². The molecule has 1 fully saturated rings. The van der Waals surface area contributed by atoms with Crippen LogP contribution in [0.2, 0.25) is 5.02 Å². The van der Waals surface area contributed by atoms with Gasteiger partial charge in [-0.1, -0.05) is 23.7 Å². The van der Waals surface area contributed by atoms with Gasteiger partial charge < -0.3 is 19.5 Å². The maximum atomic E-state index is 12.3. The maximum absolute atomic E-state index is 12.3. The lowest BCUT2D eigenvalue weighted by molar-refractivity contribution is 0.0108. The molecule has 0 radical (unpaired) electrons. The average Bonchev–Trinajstić information content (AvgIpc) is 2.70. The first-order valence-electron chi connectivity index (χ1n) is 8.17. The fourth-order valence-corrected chi connectivity index (χ4v) is 2.89. The summed E-state index contributed by atoms with van der Waals surface area (Å²) < 4.78 is 11.4. The zero-order valence-electron chi connectivity index (χ0n) is 14.7. The molecular weight excluding hydrogens is 330 g/mol. The van der Waals surface area contributed by atoms with Crippen LogP contribution in [0.15, 0.2) is 18.2 Å². The number of carbonyl (C=O) groups is 1. The van der Waals surface area contributed by atoms with Crippen LogP contribution in [-0.4, -0.2) is 48.0 Å². The van der Waals surface area contributed by atoms with Crippen molar-refractivity contribution in [2.45, 2.75) is 39.4 Å². The van der Waals surface area contributed by atoms with Crippen LogP contribution in [0.25, 0.3) is 0 Å². The van der Waals surface area contributed by atoms with Crippen molar-refractivity contribution in [3.63, 3.8) is 0 Å². The highest BCUT2D eigenvalue weighted by molar-refractivity contribution is 6.31. The minimum atomic E-state index is -0.553. The molecule has 134 valence electrons. The predicted molar refractivity (Wildman–Crippen MR) is 93.3 cm³/mol. The molecule has 1 aromatic carbocycles. The van der Waals surface area contributed by atoms with Crippen LogP contribution in [0.3, 0.4) is 0 Å². The summed E-state index contributed by atoms with van der Waals surface area (Å²) in [4.78, 5) is 13.9. The highest BCUT2D eigenvalue weighted by Crippen LogP contribution is 2.32. The third-order valence-corrected chi connectivity index (χ3v) is 4.36. The smallest absolute Gasteiger partial charge is 0.410 e. The van der Waals surface area contributed by atoms with E-state index in [1.54, 1.807) is 4.90 Å². The van der Waals surface area contributed by atoms with E-state index in [1.807, 2.05) is 45.9 Å². The van der Waals surface area contributed by atoms with Gasteiger partial charge in [-0.2, -0.15) is 0 Å². The molecule has 5 nitrogen and oxygen atoms in total. The van der Waals surface area contributed by atoms with Crippen molar-refractivity contribution in [2.75, 3.05) is 26.3 Å². The van der Waals surface area contributed by atoms with Gasteiger partial charge in [0.2, 0.25) is 0 Å². The zero-order valence-corrected chi connectivity index (χ0v) is 15.5. The van der Waals surface area contributed by atoms with Gasteiger partial charge in [-0.05, 0) is 44.9 Å². The van der Waals surface area contributed by atoms with Gasteiger partial charge in [0.15, 0.2) is 0 Å². The third-order valence-electron chi connectivity index (χ3n) is 3.95. The van der Waals surface area contributed by atoms with Gasteiger partial charge in [0, 0.05) is 24.0 Å². The van der Waals surface area contributed by atoms with E-state index in [0.29, 0.717) is 24.7 Å². The van der Waals surface area contributed by atoms with Crippen molar-refractivity contribution in [3.8, 4) is 0 Å². The first-order valence-corrected chi connectivity index (χ1v) is 8.55. The summed E-state index contributed by atoms with van der Waals surface area (Å²) in [6.45, 7) is 8.54. The molecule has 0 aliphatic carbocycles. The van der Waals surface area contributed by atoms with Gasteiger partial charge in [0.25, 0.3) is 0 Å². The van der Waals surface area contributed by atoms with Gasteiger partial charge in [-0.3, -0.25) is 0 Å². The van der Waals surface area contributed by atoms with Crippen LogP contribution in [0.5, 0.6) is 0 Å². The van der Waals surface area contributed by atoms with E-state index in [0.717, 1.165) is 11.1 Å². The van der Waals surface area contributed by atoms with Crippen molar-refractivity contribution < 1.29 is 19.4 Å². The minimum Gasteiger partial charge on any atom is -0.444 e. The zero-order chi connectivity index (χ0) is 17.9. The van der Waals surface area contributed by atoms with Crippen molar-refractivity contribution in [2.24, 2.45) is 5.92 Å². The number of benzene rings is 1. The molecule has 0 bridgehead atoms. The summed E-state index contributed by atoms with van der Waals surface area (Å²) >= 11 is 6.21. The van der Waals surface area contributed by atoms with Crippen LogP contribution in [-0.2, 0) is 9.47 Å². The molecule has 1 aliphatic rings. The fraction of sp³-hybridized carbons (Fsp3) is 0.611. The van der Waals surface area contributed by atoms with Crippen LogP contribution in [0.1, 0.15) is 38.0 Å². The Labute approximate surface area is 148 Å². The van der Waals surface area contributed by atoms with Gasteiger partial charge in [0.05, 0.1) is 19.3 Å². The molecule has 0 saturated carbocycles. The number of aliphatic hydroxyl groups is 1. The third kappa shape index (κ3) is 4.85. The summed E-state index contributed by atoms with van der Waals surface area (Å²) in [6, 6.07) is 5.76. The Hall–Kier alpha value is -1.30. The molecule has 24 heavy (non-hydrogen) atoms. The molecule has 0 spiro atoms. The maximum Gasteiger partial charge on any atom is 0.410 e. The van der Waals surface area contributed by atoms with Crippen molar-refractivity contribution >= 4 is 17.7 Å². The molecule has 1 saturated heterocycles. The Bertz CT molecular complexity index is 585. The fourth-order valence-electron chi connectivity index (χ4n) is 2.70. The highest BCUT2D eigenvalue weighted by Gasteiger charge is 2.32.